The highest BCUT2D eigenvalue weighted by Crippen LogP contribution is 2.43. The summed E-state index contributed by atoms with van der Waals surface area (Å²) in [5.41, 5.74) is 0. The highest BCUT2D eigenvalue weighted by Gasteiger charge is 2.27. The predicted molar refractivity (Wildman–Crippen MR) is 214 cm³/mol. The number of hydrogen-bond acceptors (Lipinski definition) is 9. The molecule has 0 aliphatic heterocycles. The van der Waals surface area contributed by atoms with Crippen LogP contribution in [0.15, 0.2) is 48.6 Å². The van der Waals surface area contributed by atoms with Gasteiger partial charge in [-0.1, -0.05) is 133 Å². The van der Waals surface area contributed by atoms with Crippen LogP contribution < -0.4 is 0 Å². The van der Waals surface area contributed by atoms with Crippen LogP contribution in [0.25, 0.3) is 0 Å². The Morgan fingerprint density at radius 1 is 0.566 bits per heavy atom. The maximum atomic E-state index is 12.6. The lowest BCUT2D eigenvalue weighted by Crippen LogP contribution is -2.29. The standard InChI is InChI=1S/C42H75O10P/c1-3-5-7-9-11-13-15-17-18-19-20-22-24-26-28-30-32-34-42(46)52-40(38-51-53(47,48)50-36-39(44)35-43)37-49-41(45)33-31-29-27-25-23-21-16-14-12-10-8-6-4-2/h14,16-18,20,22,26,28,39-40,43-44H,3-13,15,19,21,23-25,27,29-38H2,1-2H3,(H,47,48). The molecule has 53 heavy (non-hydrogen) atoms. The molecular weight excluding hydrogens is 695 g/mol. The van der Waals surface area contributed by atoms with E-state index in [1.54, 1.807) is 0 Å². The number of phosphoric ester groups is 1. The summed E-state index contributed by atoms with van der Waals surface area (Å²) in [6.45, 7) is 2.28. The average Bonchev–Trinajstić information content (AvgIpc) is 3.14. The maximum absolute atomic E-state index is 12.6. The minimum atomic E-state index is -4.63. The summed E-state index contributed by atoms with van der Waals surface area (Å²) >= 11 is 0. The number of aliphatic hydroxyl groups excluding tert-OH is 2. The topological polar surface area (TPSA) is 149 Å². The van der Waals surface area contributed by atoms with E-state index in [1.165, 1.54) is 64.2 Å². The quantitative estimate of drug-likeness (QED) is 0.0240. The van der Waals surface area contributed by atoms with Gasteiger partial charge in [-0.2, -0.15) is 0 Å². The fourth-order valence-electron chi connectivity index (χ4n) is 5.24. The number of esters is 2. The molecule has 0 rings (SSSR count). The second-order valence-electron chi connectivity index (χ2n) is 13.7. The third kappa shape index (κ3) is 38.0. The van der Waals surface area contributed by atoms with Crippen LogP contribution in [0.3, 0.4) is 0 Å². The van der Waals surface area contributed by atoms with Crippen molar-refractivity contribution in [1.29, 1.82) is 0 Å². The molecule has 308 valence electrons. The predicted octanol–water partition coefficient (Wildman–Crippen LogP) is 10.6. The van der Waals surface area contributed by atoms with Crippen LogP contribution in [-0.4, -0.2) is 65.7 Å². The lowest BCUT2D eigenvalue weighted by atomic mass is 10.1. The van der Waals surface area contributed by atoms with Crippen molar-refractivity contribution in [2.45, 2.75) is 180 Å². The molecule has 10 nitrogen and oxygen atoms in total. The van der Waals surface area contributed by atoms with Crippen LogP contribution in [0, 0.1) is 0 Å². The minimum Gasteiger partial charge on any atom is -0.462 e. The van der Waals surface area contributed by atoms with Crippen molar-refractivity contribution in [1.82, 2.24) is 0 Å². The monoisotopic (exact) mass is 771 g/mol. The molecule has 0 aromatic carbocycles. The molecular formula is C42H75O10P. The van der Waals surface area contributed by atoms with E-state index in [0.29, 0.717) is 19.3 Å². The first-order valence-corrected chi connectivity index (χ1v) is 22.1. The molecule has 0 spiro atoms. The molecule has 0 heterocycles. The van der Waals surface area contributed by atoms with Crippen molar-refractivity contribution in [2.24, 2.45) is 0 Å². The number of carbonyl (C=O) groups is 2. The Labute approximate surface area is 322 Å². The number of unbranched alkanes of at least 4 members (excludes halogenated alkanes) is 16. The molecule has 3 atom stereocenters. The summed E-state index contributed by atoms with van der Waals surface area (Å²) in [5.74, 6) is -0.999. The summed E-state index contributed by atoms with van der Waals surface area (Å²) in [5, 5.41) is 18.3. The smallest absolute Gasteiger partial charge is 0.462 e. The normalized spacial score (nSPS) is 14.4. The molecule has 0 radical (unpaired) electrons. The summed E-state index contributed by atoms with van der Waals surface area (Å²) in [7, 11) is -4.63. The van der Waals surface area contributed by atoms with Gasteiger partial charge >= 0.3 is 19.8 Å². The van der Waals surface area contributed by atoms with Crippen LogP contribution in [0.5, 0.6) is 0 Å². The van der Waals surface area contributed by atoms with Crippen molar-refractivity contribution >= 4 is 19.8 Å². The lowest BCUT2D eigenvalue weighted by molar-refractivity contribution is -0.161. The zero-order chi connectivity index (χ0) is 39.1. The maximum Gasteiger partial charge on any atom is 0.472 e. The van der Waals surface area contributed by atoms with Crippen LogP contribution >= 0.6 is 7.82 Å². The molecule has 0 bridgehead atoms. The molecule has 0 saturated heterocycles. The van der Waals surface area contributed by atoms with E-state index in [9.17, 15) is 24.2 Å². The Morgan fingerprint density at radius 2 is 1.00 bits per heavy atom. The minimum absolute atomic E-state index is 0.110. The van der Waals surface area contributed by atoms with Crippen LogP contribution in [-0.2, 0) is 32.7 Å². The highest BCUT2D eigenvalue weighted by molar-refractivity contribution is 7.47. The van der Waals surface area contributed by atoms with E-state index in [-0.39, 0.29) is 19.4 Å². The fourth-order valence-corrected chi connectivity index (χ4v) is 6.03. The summed E-state index contributed by atoms with van der Waals surface area (Å²) in [4.78, 5) is 34.9. The average molecular weight is 771 g/mol. The van der Waals surface area contributed by atoms with Gasteiger partial charge < -0.3 is 24.6 Å². The molecule has 0 aromatic rings. The summed E-state index contributed by atoms with van der Waals surface area (Å²) in [6, 6.07) is 0. The number of phosphoric acid groups is 1. The first-order chi connectivity index (χ1) is 25.7. The van der Waals surface area contributed by atoms with Gasteiger partial charge in [-0.3, -0.25) is 18.6 Å². The zero-order valence-corrected chi connectivity index (χ0v) is 34.1. The number of ether oxygens (including phenoxy) is 2. The van der Waals surface area contributed by atoms with Crippen molar-refractivity contribution in [3.8, 4) is 0 Å². The van der Waals surface area contributed by atoms with Gasteiger partial charge in [-0.15, -0.1) is 0 Å². The zero-order valence-electron chi connectivity index (χ0n) is 33.2. The number of carbonyl (C=O) groups excluding carboxylic acids is 2. The van der Waals surface area contributed by atoms with E-state index < -0.39 is 51.8 Å². The molecule has 3 unspecified atom stereocenters. The van der Waals surface area contributed by atoms with E-state index in [2.05, 4.69) is 60.9 Å². The van der Waals surface area contributed by atoms with Gasteiger partial charge in [0.15, 0.2) is 6.10 Å². The van der Waals surface area contributed by atoms with Crippen molar-refractivity contribution in [3.05, 3.63) is 48.6 Å². The Bertz CT molecular complexity index is 1030. The Morgan fingerprint density at radius 3 is 1.57 bits per heavy atom. The van der Waals surface area contributed by atoms with Gasteiger partial charge in [0.05, 0.1) is 19.8 Å². The van der Waals surface area contributed by atoms with Crippen molar-refractivity contribution < 1.29 is 47.8 Å². The summed E-state index contributed by atoms with van der Waals surface area (Å²) in [6.07, 6.45) is 39.4. The molecule has 0 aliphatic carbocycles. The highest BCUT2D eigenvalue weighted by atomic mass is 31.2. The lowest BCUT2D eigenvalue weighted by Gasteiger charge is -2.20. The second-order valence-corrected chi connectivity index (χ2v) is 15.1. The third-order valence-electron chi connectivity index (χ3n) is 8.46. The van der Waals surface area contributed by atoms with Crippen LogP contribution in [0.1, 0.15) is 168 Å². The van der Waals surface area contributed by atoms with E-state index in [0.717, 1.165) is 57.8 Å². The number of allylic oxidation sites excluding steroid dienone is 8. The second kappa shape index (κ2) is 38.2. The number of aliphatic hydroxyl groups is 2. The Hall–Kier alpha value is -2.07. The van der Waals surface area contributed by atoms with Crippen molar-refractivity contribution in [3.63, 3.8) is 0 Å². The van der Waals surface area contributed by atoms with Gasteiger partial charge in [0.2, 0.25) is 0 Å². The first kappa shape index (κ1) is 50.9. The fraction of sp³-hybridized carbons (Fsp3) is 0.762. The van der Waals surface area contributed by atoms with Crippen molar-refractivity contribution in [2.75, 3.05) is 26.4 Å². The Kier molecular flexibility index (Phi) is 36.7. The van der Waals surface area contributed by atoms with E-state index >= 15 is 0 Å². The molecule has 0 aliphatic rings. The molecule has 3 N–H and O–H groups in total. The molecule has 0 amide bonds. The third-order valence-corrected chi connectivity index (χ3v) is 9.41. The first-order valence-electron chi connectivity index (χ1n) is 20.6. The van der Waals surface area contributed by atoms with Gasteiger partial charge in [0.25, 0.3) is 0 Å². The Balaban J connectivity index is 4.44. The molecule has 0 aromatic heterocycles. The molecule has 11 heteroatoms. The molecule has 0 fully saturated rings. The number of rotatable bonds is 38. The SMILES string of the molecule is CCCCCCC=CCCCCCCCC(=O)OCC(COP(=O)(O)OCC(O)CO)OC(=O)CCCC=CCC=CCC=CCCCCCCCC. The van der Waals surface area contributed by atoms with Crippen LogP contribution in [0.2, 0.25) is 0 Å². The number of hydrogen-bond donors (Lipinski definition) is 3. The summed E-state index contributed by atoms with van der Waals surface area (Å²) < 4.78 is 32.6. The van der Waals surface area contributed by atoms with E-state index in [4.69, 9.17) is 19.1 Å². The van der Waals surface area contributed by atoms with Crippen LogP contribution in [0.4, 0.5) is 0 Å². The largest absolute Gasteiger partial charge is 0.472 e. The van der Waals surface area contributed by atoms with Gasteiger partial charge in [0, 0.05) is 12.8 Å². The van der Waals surface area contributed by atoms with Gasteiger partial charge in [-0.05, 0) is 70.6 Å². The van der Waals surface area contributed by atoms with E-state index in [1.807, 2.05) is 6.08 Å². The van der Waals surface area contributed by atoms with Gasteiger partial charge in [0.1, 0.15) is 12.7 Å². The molecule has 0 saturated carbocycles. The van der Waals surface area contributed by atoms with Gasteiger partial charge in [-0.25, -0.2) is 4.57 Å².